The standard InChI is InChI=1S/C14H16ClF2NO3/c15-10-2-1-3-11(8-10)21-7-4-12(19)18-6-5-14(20,9-18)13(16)17/h1-3,8,13,20H,4-7,9H2. The number of rotatable bonds is 5. The van der Waals surface area contributed by atoms with Crippen LogP contribution in [-0.2, 0) is 4.79 Å². The number of aliphatic hydroxyl groups is 1. The van der Waals surface area contributed by atoms with E-state index in [-0.39, 0.29) is 38.4 Å². The number of β-amino-alcohol motifs (C(OH)–C–C–N with tert-alkyl or cyclic N) is 1. The van der Waals surface area contributed by atoms with Crippen molar-refractivity contribution in [2.45, 2.75) is 24.9 Å². The summed E-state index contributed by atoms with van der Waals surface area (Å²) in [5, 5.41) is 10.2. The molecule has 0 bridgehead atoms. The second-order valence-electron chi connectivity index (χ2n) is 5.03. The van der Waals surface area contributed by atoms with E-state index < -0.39 is 12.0 Å². The summed E-state index contributed by atoms with van der Waals surface area (Å²) in [5.41, 5.74) is -2.08. The number of halogens is 3. The number of alkyl halides is 2. The van der Waals surface area contributed by atoms with E-state index in [1.807, 2.05) is 0 Å². The summed E-state index contributed by atoms with van der Waals surface area (Å²) in [6.07, 6.45) is -2.89. The van der Waals surface area contributed by atoms with Gasteiger partial charge in [0, 0.05) is 18.0 Å². The van der Waals surface area contributed by atoms with Crippen LogP contribution in [-0.4, -0.2) is 47.6 Å². The van der Waals surface area contributed by atoms with E-state index in [1.54, 1.807) is 24.3 Å². The van der Waals surface area contributed by atoms with Crippen LogP contribution in [0, 0.1) is 0 Å². The lowest BCUT2D eigenvalue weighted by molar-refractivity contribution is -0.134. The zero-order chi connectivity index (χ0) is 15.5. The lowest BCUT2D eigenvalue weighted by atomic mass is 10.1. The Hall–Kier alpha value is -1.40. The Kier molecular flexibility index (Phi) is 5.00. The van der Waals surface area contributed by atoms with E-state index in [1.165, 1.54) is 4.90 Å². The highest BCUT2D eigenvalue weighted by molar-refractivity contribution is 6.30. The molecule has 4 nitrogen and oxygen atoms in total. The van der Waals surface area contributed by atoms with Crippen LogP contribution in [0.25, 0.3) is 0 Å². The lowest BCUT2D eigenvalue weighted by Crippen LogP contribution is -2.41. The van der Waals surface area contributed by atoms with Crippen LogP contribution >= 0.6 is 11.6 Å². The minimum absolute atomic E-state index is 0.0613. The first-order valence-electron chi connectivity index (χ1n) is 6.57. The third-order valence-electron chi connectivity index (χ3n) is 3.42. The van der Waals surface area contributed by atoms with E-state index in [2.05, 4.69) is 0 Å². The van der Waals surface area contributed by atoms with E-state index in [0.717, 1.165) is 0 Å². The molecule has 1 aromatic rings. The highest BCUT2D eigenvalue weighted by atomic mass is 35.5. The molecule has 0 aliphatic carbocycles. The van der Waals surface area contributed by atoms with Crippen molar-refractivity contribution in [2.24, 2.45) is 0 Å². The number of ether oxygens (including phenoxy) is 1. The topological polar surface area (TPSA) is 49.8 Å². The van der Waals surface area contributed by atoms with Gasteiger partial charge in [0.15, 0.2) is 0 Å². The van der Waals surface area contributed by atoms with Gasteiger partial charge in [-0.1, -0.05) is 17.7 Å². The molecule has 1 aliphatic heterocycles. The van der Waals surface area contributed by atoms with Crippen molar-refractivity contribution in [3.8, 4) is 5.75 Å². The summed E-state index contributed by atoms with van der Waals surface area (Å²) < 4.78 is 30.7. The quantitative estimate of drug-likeness (QED) is 0.906. The van der Waals surface area contributed by atoms with Crippen molar-refractivity contribution in [2.75, 3.05) is 19.7 Å². The summed E-state index contributed by atoms with van der Waals surface area (Å²) >= 11 is 5.80. The molecular formula is C14H16ClF2NO3. The van der Waals surface area contributed by atoms with Gasteiger partial charge in [-0.05, 0) is 18.2 Å². The Morgan fingerprint density at radius 3 is 2.90 bits per heavy atom. The van der Waals surface area contributed by atoms with Crippen LogP contribution in [0.15, 0.2) is 24.3 Å². The predicted octanol–water partition coefficient (Wildman–Crippen LogP) is 2.34. The molecular weight excluding hydrogens is 304 g/mol. The summed E-state index contributed by atoms with van der Waals surface area (Å²) in [6, 6.07) is 6.76. The van der Waals surface area contributed by atoms with Gasteiger partial charge in [-0.15, -0.1) is 0 Å². The van der Waals surface area contributed by atoms with Crippen LogP contribution in [0.1, 0.15) is 12.8 Å². The van der Waals surface area contributed by atoms with Gasteiger partial charge >= 0.3 is 0 Å². The van der Waals surface area contributed by atoms with E-state index in [4.69, 9.17) is 16.3 Å². The number of amides is 1. The smallest absolute Gasteiger partial charge is 0.268 e. The maximum absolute atomic E-state index is 12.6. The summed E-state index contributed by atoms with van der Waals surface area (Å²) in [6.45, 7) is -0.0692. The van der Waals surface area contributed by atoms with Crippen LogP contribution in [0.2, 0.25) is 5.02 Å². The second-order valence-corrected chi connectivity index (χ2v) is 5.46. The number of likely N-dealkylation sites (tertiary alicyclic amines) is 1. The molecule has 7 heteroatoms. The highest BCUT2D eigenvalue weighted by Crippen LogP contribution is 2.28. The van der Waals surface area contributed by atoms with Crippen molar-refractivity contribution in [1.29, 1.82) is 0 Å². The molecule has 2 rings (SSSR count). The fourth-order valence-electron chi connectivity index (χ4n) is 2.18. The van der Waals surface area contributed by atoms with Gasteiger partial charge in [-0.2, -0.15) is 0 Å². The van der Waals surface area contributed by atoms with Gasteiger partial charge in [-0.3, -0.25) is 4.79 Å². The zero-order valence-corrected chi connectivity index (χ0v) is 12.0. The van der Waals surface area contributed by atoms with Crippen LogP contribution in [0.5, 0.6) is 5.75 Å². The van der Waals surface area contributed by atoms with Crippen LogP contribution in [0.4, 0.5) is 8.78 Å². The van der Waals surface area contributed by atoms with Gasteiger partial charge in [-0.25, -0.2) is 8.78 Å². The molecule has 1 N–H and O–H groups in total. The number of hydrogen-bond donors (Lipinski definition) is 1. The number of carbonyl (C=O) groups excluding carboxylic acids is 1. The largest absolute Gasteiger partial charge is 0.493 e. The van der Waals surface area contributed by atoms with Crippen molar-refractivity contribution in [1.82, 2.24) is 4.90 Å². The van der Waals surface area contributed by atoms with Crippen molar-refractivity contribution >= 4 is 17.5 Å². The molecule has 1 atom stereocenters. The Balaban J connectivity index is 1.78. The van der Waals surface area contributed by atoms with Crippen LogP contribution < -0.4 is 4.74 Å². The van der Waals surface area contributed by atoms with E-state index in [0.29, 0.717) is 10.8 Å². The molecule has 1 heterocycles. The Morgan fingerprint density at radius 2 is 2.29 bits per heavy atom. The second kappa shape index (κ2) is 6.58. The monoisotopic (exact) mass is 319 g/mol. The van der Waals surface area contributed by atoms with E-state index in [9.17, 15) is 18.7 Å². The van der Waals surface area contributed by atoms with Gasteiger partial charge in [0.25, 0.3) is 6.43 Å². The van der Waals surface area contributed by atoms with Gasteiger partial charge < -0.3 is 14.7 Å². The molecule has 21 heavy (non-hydrogen) atoms. The first-order chi connectivity index (χ1) is 9.90. The molecule has 116 valence electrons. The Bertz CT molecular complexity index is 515. The van der Waals surface area contributed by atoms with Gasteiger partial charge in [0.05, 0.1) is 19.6 Å². The number of benzene rings is 1. The normalized spacial score (nSPS) is 21.9. The average Bonchev–Trinajstić information content (AvgIpc) is 2.83. The van der Waals surface area contributed by atoms with Crippen LogP contribution in [0.3, 0.4) is 0 Å². The minimum atomic E-state index is -2.85. The average molecular weight is 320 g/mol. The first-order valence-corrected chi connectivity index (χ1v) is 6.95. The zero-order valence-electron chi connectivity index (χ0n) is 11.3. The summed E-state index contributed by atoms with van der Waals surface area (Å²) in [4.78, 5) is 13.1. The van der Waals surface area contributed by atoms with Crippen molar-refractivity contribution in [3.05, 3.63) is 29.3 Å². The molecule has 0 radical (unpaired) electrons. The third-order valence-corrected chi connectivity index (χ3v) is 3.65. The molecule has 1 aliphatic rings. The molecule has 1 saturated heterocycles. The molecule has 1 unspecified atom stereocenters. The number of nitrogens with zero attached hydrogens (tertiary/aromatic N) is 1. The summed E-state index contributed by atoms with van der Waals surface area (Å²) in [7, 11) is 0. The molecule has 1 fully saturated rings. The number of carbonyl (C=O) groups is 1. The predicted molar refractivity (Wildman–Crippen MR) is 73.7 cm³/mol. The molecule has 1 aromatic carbocycles. The molecule has 0 aromatic heterocycles. The molecule has 0 saturated carbocycles. The highest BCUT2D eigenvalue weighted by Gasteiger charge is 2.45. The van der Waals surface area contributed by atoms with E-state index >= 15 is 0 Å². The maximum Gasteiger partial charge on any atom is 0.268 e. The van der Waals surface area contributed by atoms with Crippen molar-refractivity contribution in [3.63, 3.8) is 0 Å². The van der Waals surface area contributed by atoms with Gasteiger partial charge in [0.2, 0.25) is 5.91 Å². The summed E-state index contributed by atoms with van der Waals surface area (Å²) in [5.74, 6) is 0.231. The Labute approximate surface area is 126 Å². The first kappa shape index (κ1) is 16.0. The Morgan fingerprint density at radius 1 is 1.52 bits per heavy atom. The fourth-order valence-corrected chi connectivity index (χ4v) is 2.36. The maximum atomic E-state index is 12.6. The van der Waals surface area contributed by atoms with Crippen molar-refractivity contribution < 1.29 is 23.4 Å². The molecule has 0 spiro atoms. The fraction of sp³-hybridized carbons (Fsp3) is 0.500. The van der Waals surface area contributed by atoms with Gasteiger partial charge in [0.1, 0.15) is 11.4 Å². The molecule has 1 amide bonds. The lowest BCUT2D eigenvalue weighted by Gasteiger charge is -2.22. The SMILES string of the molecule is O=C(CCOc1cccc(Cl)c1)N1CCC(O)(C(F)F)C1. The minimum Gasteiger partial charge on any atom is -0.493 e. The third kappa shape index (κ3) is 4.04. The number of hydrogen-bond acceptors (Lipinski definition) is 3.